The molecule has 0 bridgehead atoms. The second-order valence-corrected chi connectivity index (χ2v) is 5.73. The summed E-state index contributed by atoms with van der Waals surface area (Å²) in [7, 11) is 2.94. The lowest BCUT2D eigenvalue weighted by Gasteiger charge is -2.08. The van der Waals surface area contributed by atoms with Gasteiger partial charge in [0.25, 0.3) is 0 Å². The molecule has 122 valence electrons. The molecule has 0 aliphatic heterocycles. The molecule has 1 aromatic carbocycles. The van der Waals surface area contributed by atoms with Crippen molar-refractivity contribution in [2.75, 3.05) is 13.7 Å². The van der Waals surface area contributed by atoms with E-state index in [9.17, 15) is 9.18 Å². The second-order valence-electron chi connectivity index (χ2n) is 5.73. The number of carbonyl (C=O) groups is 1. The predicted molar refractivity (Wildman–Crippen MR) is 80.7 cm³/mol. The van der Waals surface area contributed by atoms with E-state index in [-0.39, 0.29) is 11.6 Å². The maximum absolute atomic E-state index is 14.3. The number of carbonyl (C=O) groups excluding carboxylic acids is 1. The van der Waals surface area contributed by atoms with Crippen LogP contribution in [-0.2, 0) is 11.8 Å². The number of hydrogen-bond donors (Lipinski definition) is 0. The number of benzene rings is 1. The first-order valence-corrected chi connectivity index (χ1v) is 7.42. The van der Waals surface area contributed by atoms with Gasteiger partial charge in [0.1, 0.15) is 5.82 Å². The number of aryl methyl sites for hydroxylation is 2. The fourth-order valence-electron chi connectivity index (χ4n) is 2.31. The first-order valence-electron chi connectivity index (χ1n) is 7.42. The molecule has 1 aromatic heterocycles. The van der Waals surface area contributed by atoms with Crippen molar-refractivity contribution in [2.24, 2.45) is 13.0 Å². The number of halogens is 1. The Labute approximate surface area is 133 Å². The molecule has 7 heteroatoms. The molecule has 0 unspecified atom stereocenters. The molecule has 23 heavy (non-hydrogen) atoms. The van der Waals surface area contributed by atoms with E-state index >= 15 is 0 Å². The summed E-state index contributed by atoms with van der Waals surface area (Å²) >= 11 is 0. The minimum atomic E-state index is -0.517. The normalized spacial score (nSPS) is 13.9. The van der Waals surface area contributed by atoms with E-state index in [4.69, 9.17) is 9.47 Å². The number of ether oxygens (including phenoxy) is 2. The summed E-state index contributed by atoms with van der Waals surface area (Å²) in [6.45, 7) is 2.23. The van der Waals surface area contributed by atoms with Crippen molar-refractivity contribution in [3.8, 4) is 17.4 Å². The van der Waals surface area contributed by atoms with Crippen LogP contribution in [0.1, 0.15) is 28.8 Å². The van der Waals surface area contributed by atoms with E-state index in [2.05, 4.69) is 10.1 Å². The average molecular weight is 319 g/mol. The van der Waals surface area contributed by atoms with Crippen molar-refractivity contribution in [1.29, 1.82) is 0 Å². The molecule has 0 amide bonds. The van der Waals surface area contributed by atoms with Crippen molar-refractivity contribution >= 4 is 5.97 Å². The van der Waals surface area contributed by atoms with Gasteiger partial charge in [0.15, 0.2) is 5.82 Å². The Morgan fingerprint density at radius 1 is 1.43 bits per heavy atom. The number of hydrogen-bond acceptors (Lipinski definition) is 5. The highest BCUT2D eigenvalue weighted by molar-refractivity contribution is 5.92. The van der Waals surface area contributed by atoms with Crippen LogP contribution in [0.15, 0.2) is 12.1 Å². The summed E-state index contributed by atoms with van der Waals surface area (Å²) in [5, 5.41) is 4.15. The Kier molecular flexibility index (Phi) is 4.02. The summed E-state index contributed by atoms with van der Waals surface area (Å²) in [6, 6.07) is 2.95. The standard InChI is InChI=1S/C16H18FN3O3/c1-9-6-13(17)12(7-11(9)15(21)22-3)14-18-16(19-20(14)2)23-8-10-4-5-10/h6-7,10H,4-5,8H2,1-3H3. The van der Waals surface area contributed by atoms with Gasteiger partial charge >= 0.3 is 12.0 Å². The van der Waals surface area contributed by atoms with Gasteiger partial charge in [0.05, 0.1) is 24.8 Å². The van der Waals surface area contributed by atoms with E-state index in [1.54, 1.807) is 14.0 Å². The quantitative estimate of drug-likeness (QED) is 0.792. The summed E-state index contributed by atoms with van der Waals surface area (Å²) < 4.78 is 26.0. The first kappa shape index (κ1) is 15.5. The minimum absolute atomic E-state index is 0.187. The zero-order chi connectivity index (χ0) is 16.6. The lowest BCUT2D eigenvalue weighted by atomic mass is 10.0. The van der Waals surface area contributed by atoms with Crippen molar-refractivity contribution < 1.29 is 18.7 Å². The predicted octanol–water partition coefficient (Wildman–Crippen LogP) is 2.51. The SMILES string of the molecule is COC(=O)c1cc(-c2nc(OCC3CC3)nn2C)c(F)cc1C. The van der Waals surface area contributed by atoms with E-state index in [1.165, 1.54) is 23.9 Å². The van der Waals surface area contributed by atoms with Crippen LogP contribution in [0, 0.1) is 18.7 Å². The molecule has 0 atom stereocenters. The Morgan fingerprint density at radius 3 is 2.83 bits per heavy atom. The average Bonchev–Trinajstić information content (AvgIpc) is 3.27. The minimum Gasteiger partial charge on any atom is -0.465 e. The summed E-state index contributed by atoms with van der Waals surface area (Å²) in [5.41, 5.74) is 0.991. The second kappa shape index (κ2) is 5.98. The summed E-state index contributed by atoms with van der Waals surface area (Å²) in [5.74, 6) is -0.113. The third-order valence-electron chi connectivity index (χ3n) is 3.85. The third kappa shape index (κ3) is 3.18. The Balaban J connectivity index is 1.95. The Bertz CT molecular complexity index is 753. The first-order chi connectivity index (χ1) is 11.0. The van der Waals surface area contributed by atoms with Crippen LogP contribution in [0.3, 0.4) is 0 Å². The highest BCUT2D eigenvalue weighted by Crippen LogP contribution is 2.30. The highest BCUT2D eigenvalue weighted by Gasteiger charge is 2.24. The Morgan fingerprint density at radius 2 is 2.17 bits per heavy atom. The van der Waals surface area contributed by atoms with Crippen molar-refractivity contribution in [1.82, 2.24) is 14.8 Å². The van der Waals surface area contributed by atoms with Gasteiger partial charge in [0, 0.05) is 7.05 Å². The van der Waals surface area contributed by atoms with Gasteiger partial charge in [-0.05, 0) is 43.4 Å². The lowest BCUT2D eigenvalue weighted by molar-refractivity contribution is 0.0600. The molecule has 0 radical (unpaired) electrons. The van der Waals surface area contributed by atoms with Gasteiger partial charge in [-0.2, -0.15) is 4.98 Å². The zero-order valence-electron chi connectivity index (χ0n) is 13.3. The fourth-order valence-corrected chi connectivity index (χ4v) is 2.31. The van der Waals surface area contributed by atoms with Gasteiger partial charge in [-0.15, -0.1) is 5.10 Å². The van der Waals surface area contributed by atoms with Crippen molar-refractivity contribution in [2.45, 2.75) is 19.8 Å². The largest absolute Gasteiger partial charge is 0.465 e. The molecule has 2 aromatic rings. The number of nitrogens with zero attached hydrogens (tertiary/aromatic N) is 3. The van der Waals surface area contributed by atoms with Crippen molar-refractivity contribution in [3.05, 3.63) is 29.1 Å². The van der Waals surface area contributed by atoms with Crippen LogP contribution in [-0.4, -0.2) is 34.5 Å². The van der Waals surface area contributed by atoms with E-state index in [0.717, 1.165) is 12.8 Å². The van der Waals surface area contributed by atoms with E-state index in [1.807, 2.05) is 0 Å². The lowest BCUT2D eigenvalue weighted by Crippen LogP contribution is -2.06. The zero-order valence-corrected chi connectivity index (χ0v) is 13.3. The van der Waals surface area contributed by atoms with Crippen LogP contribution < -0.4 is 4.74 Å². The van der Waals surface area contributed by atoms with Gasteiger partial charge < -0.3 is 9.47 Å². The topological polar surface area (TPSA) is 66.2 Å². The van der Waals surface area contributed by atoms with Gasteiger partial charge in [-0.1, -0.05) is 0 Å². The molecule has 1 heterocycles. The fraction of sp³-hybridized carbons (Fsp3) is 0.438. The third-order valence-corrected chi connectivity index (χ3v) is 3.85. The molecule has 1 fully saturated rings. The molecular weight excluding hydrogens is 301 g/mol. The van der Waals surface area contributed by atoms with Crippen LogP contribution in [0.4, 0.5) is 4.39 Å². The maximum atomic E-state index is 14.3. The molecule has 3 rings (SSSR count). The smallest absolute Gasteiger partial charge is 0.338 e. The molecular formula is C16H18FN3O3. The molecule has 0 N–H and O–H groups in total. The Hall–Kier alpha value is -2.44. The molecule has 6 nitrogen and oxygen atoms in total. The number of methoxy groups -OCH3 is 1. The van der Waals surface area contributed by atoms with Gasteiger partial charge in [-0.3, -0.25) is 0 Å². The van der Waals surface area contributed by atoms with Crippen LogP contribution >= 0.6 is 0 Å². The molecule has 0 spiro atoms. The summed E-state index contributed by atoms with van der Waals surface area (Å²) in [6.07, 6.45) is 2.32. The molecule has 0 saturated heterocycles. The number of aromatic nitrogens is 3. The van der Waals surface area contributed by atoms with E-state index in [0.29, 0.717) is 29.5 Å². The van der Waals surface area contributed by atoms with Gasteiger partial charge in [0.2, 0.25) is 0 Å². The monoisotopic (exact) mass is 319 g/mol. The molecule has 1 aliphatic rings. The number of rotatable bonds is 5. The molecule has 1 saturated carbocycles. The maximum Gasteiger partial charge on any atom is 0.338 e. The van der Waals surface area contributed by atoms with Crippen LogP contribution in [0.25, 0.3) is 11.4 Å². The van der Waals surface area contributed by atoms with Gasteiger partial charge in [-0.25, -0.2) is 13.9 Å². The van der Waals surface area contributed by atoms with E-state index < -0.39 is 11.8 Å². The summed E-state index contributed by atoms with van der Waals surface area (Å²) in [4.78, 5) is 16.0. The van der Waals surface area contributed by atoms with Crippen LogP contribution in [0.2, 0.25) is 0 Å². The van der Waals surface area contributed by atoms with Crippen molar-refractivity contribution in [3.63, 3.8) is 0 Å². The number of esters is 1. The highest BCUT2D eigenvalue weighted by atomic mass is 19.1. The van der Waals surface area contributed by atoms with Crippen LogP contribution in [0.5, 0.6) is 6.01 Å². The molecule has 1 aliphatic carbocycles.